The number of methoxy groups -OCH3 is 1. The van der Waals surface area contributed by atoms with Crippen LogP contribution < -0.4 is 5.32 Å². The molecule has 1 N–H and O–H groups in total. The van der Waals surface area contributed by atoms with Gasteiger partial charge in [0.1, 0.15) is 5.01 Å². The molecule has 0 radical (unpaired) electrons. The molecule has 1 aliphatic rings. The second-order valence-electron chi connectivity index (χ2n) is 5.66. The minimum atomic E-state index is -0.142. The maximum absolute atomic E-state index is 11.8. The van der Waals surface area contributed by atoms with E-state index in [9.17, 15) is 4.79 Å². The number of hydrogen-bond donors (Lipinski definition) is 1. The van der Waals surface area contributed by atoms with Crippen molar-refractivity contribution in [2.75, 3.05) is 27.2 Å². The summed E-state index contributed by atoms with van der Waals surface area (Å²) in [5.74, 6) is 0.837. The molecular formula is C15H24N4O2S. The topological polar surface area (TPSA) is 66.8 Å². The maximum Gasteiger partial charge on any atom is 0.310 e. The molecule has 0 spiro atoms. The molecule has 1 aromatic heterocycles. The Labute approximate surface area is 135 Å². The summed E-state index contributed by atoms with van der Waals surface area (Å²) in [6, 6.07) is 0. The van der Waals surface area contributed by atoms with Gasteiger partial charge >= 0.3 is 5.97 Å². The van der Waals surface area contributed by atoms with Crippen LogP contribution in [-0.4, -0.2) is 49.1 Å². The van der Waals surface area contributed by atoms with Gasteiger partial charge in [0.25, 0.3) is 0 Å². The van der Waals surface area contributed by atoms with Crippen LogP contribution in [0.5, 0.6) is 0 Å². The summed E-state index contributed by atoms with van der Waals surface area (Å²) in [4.78, 5) is 24.0. The highest BCUT2D eigenvalue weighted by atomic mass is 32.1. The Morgan fingerprint density at radius 1 is 1.50 bits per heavy atom. The average Bonchev–Trinajstić information content (AvgIpc) is 3.02. The van der Waals surface area contributed by atoms with Crippen LogP contribution in [0.25, 0.3) is 0 Å². The van der Waals surface area contributed by atoms with E-state index in [1.165, 1.54) is 12.0 Å². The summed E-state index contributed by atoms with van der Waals surface area (Å²) in [5.41, 5.74) is 1.08. The number of likely N-dealkylation sites (tertiary alicyclic amines) is 1. The van der Waals surface area contributed by atoms with Gasteiger partial charge in [0.15, 0.2) is 5.96 Å². The lowest BCUT2D eigenvalue weighted by Crippen LogP contribution is -2.40. The van der Waals surface area contributed by atoms with Crippen LogP contribution in [-0.2, 0) is 16.1 Å². The van der Waals surface area contributed by atoms with Crippen LogP contribution in [0.15, 0.2) is 4.99 Å². The number of hydrogen-bond acceptors (Lipinski definition) is 5. The molecule has 22 heavy (non-hydrogen) atoms. The van der Waals surface area contributed by atoms with Crippen LogP contribution in [0.3, 0.4) is 0 Å². The largest absolute Gasteiger partial charge is 0.469 e. The number of aromatic nitrogens is 1. The van der Waals surface area contributed by atoms with Crippen molar-refractivity contribution < 1.29 is 9.53 Å². The number of ether oxygens (including phenoxy) is 1. The van der Waals surface area contributed by atoms with Crippen LogP contribution in [0, 0.1) is 25.7 Å². The first-order valence-electron chi connectivity index (χ1n) is 7.42. The smallest absolute Gasteiger partial charge is 0.310 e. The Hall–Kier alpha value is -1.63. The Bertz CT molecular complexity index is 550. The number of carbonyl (C=O) groups is 1. The minimum Gasteiger partial charge on any atom is -0.469 e. The summed E-state index contributed by atoms with van der Waals surface area (Å²) in [6.07, 6.45) is 0. The number of esters is 1. The molecule has 0 saturated carbocycles. The lowest BCUT2D eigenvalue weighted by atomic mass is 9.99. The van der Waals surface area contributed by atoms with Crippen molar-refractivity contribution in [3.63, 3.8) is 0 Å². The van der Waals surface area contributed by atoms with E-state index in [0.717, 1.165) is 23.2 Å². The third kappa shape index (κ3) is 3.58. The fourth-order valence-corrected chi connectivity index (χ4v) is 3.57. The number of aliphatic imine (C=N–C) groups is 1. The van der Waals surface area contributed by atoms with Crippen molar-refractivity contribution in [1.29, 1.82) is 0 Å². The van der Waals surface area contributed by atoms with E-state index in [1.807, 2.05) is 6.92 Å². The first-order chi connectivity index (χ1) is 10.5. The van der Waals surface area contributed by atoms with E-state index in [4.69, 9.17) is 4.74 Å². The first kappa shape index (κ1) is 16.7. The second-order valence-corrected chi connectivity index (χ2v) is 6.95. The van der Waals surface area contributed by atoms with Gasteiger partial charge in [-0.2, -0.15) is 0 Å². The molecule has 0 bridgehead atoms. The van der Waals surface area contributed by atoms with Crippen LogP contribution in [0.2, 0.25) is 0 Å². The molecule has 122 valence electrons. The molecule has 1 aromatic rings. The van der Waals surface area contributed by atoms with Crippen molar-refractivity contribution >= 4 is 23.3 Å². The van der Waals surface area contributed by atoms with Crippen LogP contribution in [0.4, 0.5) is 0 Å². The molecule has 2 heterocycles. The van der Waals surface area contributed by atoms with Gasteiger partial charge in [0.2, 0.25) is 0 Å². The van der Waals surface area contributed by atoms with E-state index < -0.39 is 0 Å². The summed E-state index contributed by atoms with van der Waals surface area (Å²) in [7, 11) is 3.20. The number of guanidine groups is 1. The van der Waals surface area contributed by atoms with Crippen molar-refractivity contribution in [3.05, 3.63) is 15.6 Å². The standard InChI is InChI=1S/C15H24N4O2S/c1-9-7-19(8-12(9)14(20)21-5)15(16-4)17-6-13-18-10(2)11(3)22-13/h9,12H,6-8H2,1-5H3,(H,16,17). The fourth-order valence-electron chi connectivity index (χ4n) is 2.70. The van der Waals surface area contributed by atoms with E-state index in [0.29, 0.717) is 13.1 Å². The monoisotopic (exact) mass is 324 g/mol. The molecule has 2 unspecified atom stereocenters. The summed E-state index contributed by atoms with van der Waals surface area (Å²) in [5, 5.41) is 4.39. The van der Waals surface area contributed by atoms with Gasteiger partial charge in [-0.3, -0.25) is 9.79 Å². The summed E-state index contributed by atoms with van der Waals surface area (Å²) >= 11 is 1.70. The number of rotatable bonds is 3. The first-order valence-corrected chi connectivity index (χ1v) is 8.24. The molecule has 2 rings (SSSR count). The van der Waals surface area contributed by atoms with Gasteiger partial charge < -0.3 is 15.0 Å². The normalized spacial score (nSPS) is 22.0. The third-order valence-electron chi connectivity index (χ3n) is 4.10. The molecule has 0 aliphatic carbocycles. The molecular weight excluding hydrogens is 300 g/mol. The molecule has 6 nitrogen and oxygen atoms in total. The number of carbonyl (C=O) groups excluding carboxylic acids is 1. The Morgan fingerprint density at radius 3 is 2.77 bits per heavy atom. The third-order valence-corrected chi connectivity index (χ3v) is 5.17. The highest BCUT2D eigenvalue weighted by Crippen LogP contribution is 2.24. The Kier molecular flexibility index (Phi) is 5.39. The molecule has 1 aliphatic heterocycles. The van der Waals surface area contributed by atoms with Gasteiger partial charge in [-0.15, -0.1) is 11.3 Å². The van der Waals surface area contributed by atoms with E-state index in [-0.39, 0.29) is 17.8 Å². The maximum atomic E-state index is 11.8. The van der Waals surface area contributed by atoms with Gasteiger partial charge in [0.05, 0.1) is 25.3 Å². The number of nitrogens with one attached hydrogen (secondary N) is 1. The molecule has 2 atom stereocenters. The lowest BCUT2D eigenvalue weighted by Gasteiger charge is -2.21. The SMILES string of the molecule is CN=C(NCc1nc(C)c(C)s1)N1CC(C)C(C(=O)OC)C1. The van der Waals surface area contributed by atoms with Crippen molar-refractivity contribution in [2.24, 2.45) is 16.8 Å². The lowest BCUT2D eigenvalue weighted by molar-refractivity contribution is -0.145. The summed E-state index contributed by atoms with van der Waals surface area (Å²) < 4.78 is 4.88. The molecule has 1 fully saturated rings. The predicted molar refractivity (Wildman–Crippen MR) is 88.0 cm³/mol. The van der Waals surface area contributed by atoms with Crippen molar-refractivity contribution in [2.45, 2.75) is 27.3 Å². The Morgan fingerprint density at radius 2 is 2.23 bits per heavy atom. The predicted octanol–water partition coefficient (Wildman–Crippen LogP) is 1.58. The van der Waals surface area contributed by atoms with Gasteiger partial charge in [-0.25, -0.2) is 4.98 Å². The zero-order valence-electron chi connectivity index (χ0n) is 13.8. The second kappa shape index (κ2) is 7.09. The number of aryl methyl sites for hydroxylation is 2. The van der Waals surface area contributed by atoms with E-state index >= 15 is 0 Å². The number of nitrogens with zero attached hydrogens (tertiary/aromatic N) is 3. The quantitative estimate of drug-likeness (QED) is 0.519. The minimum absolute atomic E-state index is 0.0899. The molecule has 7 heteroatoms. The fraction of sp³-hybridized carbons (Fsp3) is 0.667. The van der Waals surface area contributed by atoms with Gasteiger partial charge in [-0.05, 0) is 19.8 Å². The molecule has 0 amide bonds. The van der Waals surface area contributed by atoms with Gasteiger partial charge in [-0.1, -0.05) is 6.92 Å². The zero-order chi connectivity index (χ0) is 16.3. The Balaban J connectivity index is 1.96. The zero-order valence-corrected chi connectivity index (χ0v) is 14.7. The highest BCUT2D eigenvalue weighted by Gasteiger charge is 2.36. The molecule has 0 aromatic carbocycles. The number of thiazole rings is 1. The van der Waals surface area contributed by atoms with E-state index in [1.54, 1.807) is 18.4 Å². The molecule has 1 saturated heterocycles. The highest BCUT2D eigenvalue weighted by molar-refractivity contribution is 7.11. The van der Waals surface area contributed by atoms with Crippen LogP contribution >= 0.6 is 11.3 Å². The average molecular weight is 324 g/mol. The van der Waals surface area contributed by atoms with E-state index in [2.05, 4.69) is 34.0 Å². The van der Waals surface area contributed by atoms with Crippen molar-refractivity contribution in [1.82, 2.24) is 15.2 Å². The van der Waals surface area contributed by atoms with Crippen LogP contribution in [0.1, 0.15) is 22.5 Å². The summed E-state index contributed by atoms with van der Waals surface area (Å²) in [6.45, 7) is 8.27. The van der Waals surface area contributed by atoms with Crippen molar-refractivity contribution in [3.8, 4) is 0 Å². The van der Waals surface area contributed by atoms with Gasteiger partial charge in [0, 0.05) is 25.0 Å².